The molecule has 2 aromatic heterocycles. The lowest BCUT2D eigenvalue weighted by Crippen LogP contribution is -2.42. The number of halogens is 2. The van der Waals surface area contributed by atoms with Crippen LogP contribution < -0.4 is 5.73 Å². The Balaban J connectivity index is 1.34. The van der Waals surface area contributed by atoms with E-state index in [1.54, 1.807) is 25.7 Å². The number of ether oxygens (including phenoxy) is 4. The van der Waals surface area contributed by atoms with Gasteiger partial charge in [0.25, 0.3) is 5.92 Å². The van der Waals surface area contributed by atoms with Crippen LogP contribution in [0.4, 0.5) is 14.6 Å². The second kappa shape index (κ2) is 9.11. The highest BCUT2D eigenvalue weighted by atomic mass is 19.3. The first kappa shape index (κ1) is 26.2. The molecule has 0 unspecified atom stereocenters. The number of hydrogen-bond acceptors (Lipinski definition) is 9. The van der Waals surface area contributed by atoms with E-state index in [1.165, 1.54) is 6.33 Å². The summed E-state index contributed by atoms with van der Waals surface area (Å²) in [4.78, 5) is 22.4. The fourth-order valence-corrected chi connectivity index (χ4v) is 5.60. The number of likely N-dealkylation sites (tertiary alicyclic amines) is 1. The van der Waals surface area contributed by atoms with Crippen molar-refractivity contribution in [1.29, 1.82) is 0 Å². The third kappa shape index (κ3) is 5.43. The Morgan fingerprint density at radius 2 is 1.97 bits per heavy atom. The summed E-state index contributed by atoms with van der Waals surface area (Å²) in [5.74, 6) is -3.76. The molecule has 0 bridgehead atoms. The summed E-state index contributed by atoms with van der Waals surface area (Å²) >= 11 is 0. The number of hydrogen-bond donors (Lipinski definition) is 1. The molecule has 5 rings (SSSR count). The Morgan fingerprint density at radius 1 is 1.24 bits per heavy atom. The van der Waals surface area contributed by atoms with Gasteiger partial charge in [0.05, 0.1) is 11.9 Å². The fourth-order valence-electron chi connectivity index (χ4n) is 5.60. The quantitative estimate of drug-likeness (QED) is 0.570. The fraction of sp³-hybridized carbons (Fsp3) is 0.720. The van der Waals surface area contributed by atoms with E-state index < -0.39 is 60.4 Å². The largest absolute Gasteiger partial charge is 0.460 e. The molecular formula is C25H35F2N5O5. The molecule has 0 aromatic carbocycles. The summed E-state index contributed by atoms with van der Waals surface area (Å²) in [7, 11) is 0. The van der Waals surface area contributed by atoms with E-state index in [2.05, 4.69) is 9.97 Å². The maximum atomic E-state index is 14.5. The highest BCUT2D eigenvalue weighted by molar-refractivity contribution is 5.86. The summed E-state index contributed by atoms with van der Waals surface area (Å²) < 4.78 is 55.1. The van der Waals surface area contributed by atoms with Crippen molar-refractivity contribution in [2.45, 2.75) is 102 Å². The Morgan fingerprint density at radius 3 is 2.70 bits per heavy atom. The SMILES string of the molecule is CC(C)(C)OC(=O)CC[C@@H]1CC(F)(F)CN1C[C@H]1O[C@@H](n2ccc3c(N)ncnc32)[C@@H]2OC(C)(C)O[C@@H]21. The van der Waals surface area contributed by atoms with Crippen LogP contribution in [0.25, 0.3) is 11.0 Å². The molecule has 2 N–H and O–H groups in total. The zero-order valence-electron chi connectivity index (χ0n) is 21.8. The Bertz CT molecular complexity index is 1170. The second-order valence-electron chi connectivity index (χ2n) is 11.6. The van der Waals surface area contributed by atoms with Crippen molar-refractivity contribution in [2.24, 2.45) is 0 Å². The second-order valence-corrected chi connectivity index (χ2v) is 11.6. The van der Waals surface area contributed by atoms with Gasteiger partial charge in [-0.1, -0.05) is 0 Å². The molecule has 3 aliphatic heterocycles. The summed E-state index contributed by atoms with van der Waals surface area (Å²) in [5.41, 5.74) is 5.98. The molecule has 3 fully saturated rings. The van der Waals surface area contributed by atoms with E-state index in [1.807, 2.05) is 30.7 Å². The molecule has 0 radical (unpaired) electrons. The molecule has 0 aliphatic carbocycles. The van der Waals surface area contributed by atoms with Crippen LogP contribution in [0, 0.1) is 0 Å². The number of nitrogens with two attached hydrogens (primary N) is 1. The normalized spacial score (nSPS) is 31.2. The monoisotopic (exact) mass is 523 g/mol. The van der Waals surface area contributed by atoms with Gasteiger partial charge in [-0.25, -0.2) is 18.7 Å². The van der Waals surface area contributed by atoms with Crippen molar-refractivity contribution in [2.75, 3.05) is 18.8 Å². The first-order chi connectivity index (χ1) is 17.2. The van der Waals surface area contributed by atoms with Crippen LogP contribution in [-0.2, 0) is 23.7 Å². The smallest absolute Gasteiger partial charge is 0.306 e. The molecule has 0 spiro atoms. The van der Waals surface area contributed by atoms with E-state index >= 15 is 0 Å². The van der Waals surface area contributed by atoms with Crippen LogP contribution in [0.3, 0.4) is 0 Å². The summed E-state index contributed by atoms with van der Waals surface area (Å²) in [6, 6.07) is 1.32. The molecule has 204 valence electrons. The van der Waals surface area contributed by atoms with Gasteiger partial charge in [-0.15, -0.1) is 0 Å². The van der Waals surface area contributed by atoms with E-state index in [9.17, 15) is 13.6 Å². The Labute approximate surface area is 214 Å². The van der Waals surface area contributed by atoms with Gasteiger partial charge >= 0.3 is 5.97 Å². The number of esters is 1. The molecular weight excluding hydrogens is 488 g/mol. The topological polar surface area (TPSA) is 114 Å². The van der Waals surface area contributed by atoms with Crippen LogP contribution in [-0.4, -0.2) is 80.2 Å². The lowest BCUT2D eigenvalue weighted by molar-refractivity contribution is -0.198. The van der Waals surface area contributed by atoms with Crippen LogP contribution in [0.5, 0.6) is 0 Å². The molecule has 12 heteroatoms. The molecule has 3 saturated heterocycles. The molecule has 3 aliphatic rings. The molecule has 5 heterocycles. The van der Waals surface area contributed by atoms with Crippen molar-refractivity contribution in [1.82, 2.24) is 19.4 Å². The van der Waals surface area contributed by atoms with Gasteiger partial charge in [-0.3, -0.25) is 9.69 Å². The average molecular weight is 524 g/mol. The number of anilines is 1. The van der Waals surface area contributed by atoms with Crippen LogP contribution in [0.15, 0.2) is 18.6 Å². The Hall–Kier alpha value is -2.41. The predicted molar refractivity (Wildman–Crippen MR) is 130 cm³/mol. The molecule has 0 saturated carbocycles. The summed E-state index contributed by atoms with van der Waals surface area (Å²) in [6.45, 7) is 8.79. The minimum atomic E-state index is -2.85. The predicted octanol–water partition coefficient (Wildman–Crippen LogP) is 3.26. The highest BCUT2D eigenvalue weighted by Crippen LogP contribution is 2.45. The number of alkyl halides is 2. The standard InChI is InChI=1S/C25H35F2N5O5/c1-23(2,3)35-17(33)7-6-14-10-25(26,27)12-31(14)11-16-18-19(37-24(4,5)36-18)22(34-16)32-9-8-15-20(28)29-13-30-21(15)32/h8-9,13-14,16,18-19,22H,6-7,10-12H2,1-5H3,(H2,28,29,30)/t14-,16-,18-,19-,22-/m1/s1. The van der Waals surface area contributed by atoms with Crippen molar-refractivity contribution < 1.29 is 32.5 Å². The van der Waals surface area contributed by atoms with Gasteiger partial charge < -0.3 is 29.2 Å². The third-order valence-electron chi connectivity index (χ3n) is 6.94. The van der Waals surface area contributed by atoms with Crippen LogP contribution >= 0.6 is 0 Å². The molecule has 2 aromatic rings. The van der Waals surface area contributed by atoms with Crippen LogP contribution in [0.2, 0.25) is 0 Å². The number of aromatic nitrogens is 3. The minimum Gasteiger partial charge on any atom is -0.460 e. The van der Waals surface area contributed by atoms with Crippen molar-refractivity contribution in [3.63, 3.8) is 0 Å². The maximum absolute atomic E-state index is 14.5. The van der Waals surface area contributed by atoms with Gasteiger partial charge in [-0.05, 0) is 47.1 Å². The molecule has 5 atom stereocenters. The number of rotatable bonds is 6. The zero-order valence-corrected chi connectivity index (χ0v) is 21.8. The van der Waals surface area contributed by atoms with E-state index in [-0.39, 0.29) is 25.8 Å². The minimum absolute atomic E-state index is 0.0673. The first-order valence-corrected chi connectivity index (χ1v) is 12.6. The zero-order chi connectivity index (χ0) is 26.8. The maximum Gasteiger partial charge on any atom is 0.306 e. The van der Waals surface area contributed by atoms with E-state index in [0.717, 1.165) is 0 Å². The summed E-state index contributed by atoms with van der Waals surface area (Å²) in [6.07, 6.45) is 1.14. The van der Waals surface area contributed by atoms with Gasteiger partial charge in [0, 0.05) is 31.6 Å². The first-order valence-electron chi connectivity index (χ1n) is 12.6. The van der Waals surface area contributed by atoms with Gasteiger partial charge in [0.1, 0.15) is 41.7 Å². The highest BCUT2D eigenvalue weighted by Gasteiger charge is 2.57. The van der Waals surface area contributed by atoms with E-state index in [0.29, 0.717) is 16.9 Å². The van der Waals surface area contributed by atoms with Crippen LogP contribution in [0.1, 0.15) is 60.1 Å². The lowest BCUT2D eigenvalue weighted by Gasteiger charge is -2.30. The van der Waals surface area contributed by atoms with Gasteiger partial charge in [0.2, 0.25) is 0 Å². The summed E-state index contributed by atoms with van der Waals surface area (Å²) in [5, 5.41) is 0.686. The van der Waals surface area contributed by atoms with Crippen molar-refractivity contribution in [3.8, 4) is 0 Å². The number of nitrogens with zero attached hydrogens (tertiary/aromatic N) is 4. The number of carbonyl (C=O) groups excluding carboxylic acids is 1. The van der Waals surface area contributed by atoms with Gasteiger partial charge in [-0.2, -0.15) is 0 Å². The molecule has 10 nitrogen and oxygen atoms in total. The number of nitrogen functional groups attached to an aromatic ring is 1. The number of carbonyl (C=O) groups is 1. The average Bonchev–Trinajstić information content (AvgIpc) is 3.47. The Kier molecular flexibility index (Phi) is 6.45. The molecule has 0 amide bonds. The van der Waals surface area contributed by atoms with Crippen molar-refractivity contribution >= 4 is 22.8 Å². The molecule has 37 heavy (non-hydrogen) atoms. The van der Waals surface area contributed by atoms with Crippen molar-refractivity contribution in [3.05, 3.63) is 18.6 Å². The third-order valence-corrected chi connectivity index (χ3v) is 6.94. The number of fused-ring (bicyclic) bond motifs is 2. The lowest BCUT2D eigenvalue weighted by atomic mass is 10.1. The van der Waals surface area contributed by atoms with Gasteiger partial charge in [0.15, 0.2) is 12.0 Å². The van der Waals surface area contributed by atoms with E-state index in [4.69, 9.17) is 24.7 Å².